The monoisotopic (exact) mass is 380 g/mol. The van der Waals surface area contributed by atoms with Crippen LogP contribution in [0, 0.1) is 0 Å². The van der Waals surface area contributed by atoms with Gasteiger partial charge in [0.1, 0.15) is 11.5 Å². The van der Waals surface area contributed by atoms with Crippen molar-refractivity contribution >= 4 is 5.91 Å². The highest BCUT2D eigenvalue weighted by Crippen LogP contribution is 2.39. The molecule has 1 saturated heterocycles. The molecular weight excluding hydrogens is 352 g/mol. The maximum absolute atomic E-state index is 13.1. The van der Waals surface area contributed by atoms with Crippen molar-refractivity contribution < 1.29 is 4.79 Å². The van der Waals surface area contributed by atoms with Gasteiger partial charge in [0.05, 0.1) is 5.69 Å². The molecule has 0 aromatic carbocycles. The molecule has 28 heavy (non-hydrogen) atoms. The third-order valence-electron chi connectivity index (χ3n) is 6.33. The number of likely N-dealkylation sites (tertiary alicyclic amines) is 1. The topological polar surface area (TPSA) is 67.2 Å². The van der Waals surface area contributed by atoms with Gasteiger partial charge >= 0.3 is 0 Å². The van der Waals surface area contributed by atoms with Crippen LogP contribution < -0.4 is 0 Å². The zero-order valence-electron chi connectivity index (χ0n) is 16.8. The zero-order valence-corrected chi connectivity index (χ0v) is 16.8. The van der Waals surface area contributed by atoms with E-state index in [1.165, 1.54) is 24.1 Å². The quantitative estimate of drug-likeness (QED) is 0.816. The molecule has 5 rings (SSSR count). The van der Waals surface area contributed by atoms with Crippen LogP contribution in [-0.4, -0.2) is 62.1 Å². The first kappa shape index (κ1) is 17.8. The number of rotatable bonds is 3. The Morgan fingerprint density at radius 2 is 2.00 bits per heavy atom. The number of piperidine rings is 1. The highest BCUT2D eigenvalue weighted by Gasteiger charge is 2.32. The van der Waals surface area contributed by atoms with E-state index in [1.807, 2.05) is 24.2 Å². The van der Waals surface area contributed by atoms with E-state index < -0.39 is 0 Å². The average molecular weight is 380 g/mol. The molecule has 1 saturated carbocycles. The largest absolute Gasteiger partial charge is 0.337 e. The summed E-state index contributed by atoms with van der Waals surface area (Å²) in [6.07, 6.45) is 7.41. The summed E-state index contributed by atoms with van der Waals surface area (Å²) >= 11 is 0. The average Bonchev–Trinajstić information content (AvgIpc) is 3.49. The summed E-state index contributed by atoms with van der Waals surface area (Å²) in [7, 11) is 4.01. The molecule has 0 bridgehead atoms. The van der Waals surface area contributed by atoms with Crippen LogP contribution in [0.25, 0.3) is 0 Å². The molecule has 0 radical (unpaired) electrons. The van der Waals surface area contributed by atoms with Gasteiger partial charge in [-0.2, -0.15) is 5.10 Å². The van der Waals surface area contributed by atoms with Gasteiger partial charge < -0.3 is 9.80 Å². The number of nitrogens with zero attached hydrogens (tertiary/aromatic N) is 6. The molecular formula is C21H28N6O. The Bertz CT molecular complexity index is 902. The first-order valence-electron chi connectivity index (χ1n) is 10.4. The maximum Gasteiger partial charge on any atom is 0.272 e. The van der Waals surface area contributed by atoms with Crippen molar-refractivity contribution in [2.45, 2.75) is 50.5 Å². The van der Waals surface area contributed by atoms with Crippen molar-refractivity contribution in [3.63, 3.8) is 0 Å². The van der Waals surface area contributed by atoms with Crippen molar-refractivity contribution in [3.05, 3.63) is 40.7 Å². The van der Waals surface area contributed by atoms with Crippen molar-refractivity contribution in [2.75, 3.05) is 26.7 Å². The number of aryl methyl sites for hydroxylation is 1. The summed E-state index contributed by atoms with van der Waals surface area (Å²) in [5.41, 5.74) is 4.20. The van der Waals surface area contributed by atoms with E-state index in [9.17, 15) is 4.79 Å². The predicted molar refractivity (Wildman–Crippen MR) is 105 cm³/mol. The van der Waals surface area contributed by atoms with E-state index in [0.717, 1.165) is 50.4 Å². The van der Waals surface area contributed by atoms with Gasteiger partial charge in [0.2, 0.25) is 0 Å². The number of hydrogen-bond donors (Lipinski definition) is 0. The van der Waals surface area contributed by atoms with Gasteiger partial charge in [-0.15, -0.1) is 0 Å². The fourth-order valence-electron chi connectivity index (χ4n) is 4.47. The van der Waals surface area contributed by atoms with Crippen LogP contribution in [0.3, 0.4) is 0 Å². The summed E-state index contributed by atoms with van der Waals surface area (Å²) in [6, 6.07) is 2.00. The lowest BCUT2D eigenvalue weighted by molar-refractivity contribution is 0.0693. The Balaban J connectivity index is 1.33. The highest BCUT2D eigenvalue weighted by molar-refractivity contribution is 5.92. The lowest BCUT2D eigenvalue weighted by Crippen LogP contribution is -2.40. The van der Waals surface area contributed by atoms with E-state index >= 15 is 0 Å². The minimum absolute atomic E-state index is 0.0891. The minimum Gasteiger partial charge on any atom is -0.337 e. The van der Waals surface area contributed by atoms with Crippen LogP contribution in [-0.2, 0) is 20.0 Å². The number of aromatic nitrogens is 4. The second-order valence-electron chi connectivity index (χ2n) is 8.63. The molecule has 2 aliphatic heterocycles. The van der Waals surface area contributed by atoms with E-state index in [0.29, 0.717) is 18.2 Å². The number of fused-ring (bicyclic) bond motifs is 1. The molecule has 2 aromatic heterocycles. The van der Waals surface area contributed by atoms with Crippen LogP contribution >= 0.6 is 0 Å². The fraction of sp³-hybridized carbons (Fsp3) is 0.619. The Hall–Kier alpha value is -2.28. The molecule has 0 unspecified atom stereocenters. The summed E-state index contributed by atoms with van der Waals surface area (Å²) in [5, 5.41) is 4.56. The second kappa shape index (κ2) is 6.95. The molecule has 2 aromatic rings. The fourth-order valence-corrected chi connectivity index (χ4v) is 4.47. The van der Waals surface area contributed by atoms with Crippen molar-refractivity contribution in [1.29, 1.82) is 0 Å². The van der Waals surface area contributed by atoms with E-state index in [1.54, 1.807) is 4.68 Å². The standard InChI is InChI=1S/C21H28N6O/c1-25-9-7-17-16(12-25)11-22-20(23-17)15-4-3-8-27(13-15)21(28)19-10-18(14-5-6-14)24-26(19)2/h10-11,14-15H,3-9,12-13H2,1-2H3/t15-/m1/s1. The van der Waals surface area contributed by atoms with Crippen LogP contribution in [0.5, 0.6) is 0 Å². The van der Waals surface area contributed by atoms with E-state index in [2.05, 4.69) is 22.0 Å². The number of carbonyl (C=O) groups is 1. The van der Waals surface area contributed by atoms with Gasteiger partial charge in [-0.1, -0.05) is 0 Å². The highest BCUT2D eigenvalue weighted by atomic mass is 16.2. The van der Waals surface area contributed by atoms with E-state index in [-0.39, 0.29) is 11.8 Å². The molecule has 7 nitrogen and oxygen atoms in total. The zero-order chi connectivity index (χ0) is 19.3. The van der Waals surface area contributed by atoms with Crippen LogP contribution in [0.2, 0.25) is 0 Å². The third-order valence-corrected chi connectivity index (χ3v) is 6.33. The van der Waals surface area contributed by atoms with Gasteiger partial charge in [0.25, 0.3) is 5.91 Å². The Morgan fingerprint density at radius 1 is 1.14 bits per heavy atom. The van der Waals surface area contributed by atoms with Crippen LogP contribution in [0.4, 0.5) is 0 Å². The number of carbonyl (C=O) groups excluding carboxylic acids is 1. The smallest absolute Gasteiger partial charge is 0.272 e. The lowest BCUT2D eigenvalue weighted by Gasteiger charge is -2.32. The van der Waals surface area contributed by atoms with Crippen molar-refractivity contribution in [1.82, 2.24) is 29.5 Å². The normalized spacial score (nSPS) is 22.9. The van der Waals surface area contributed by atoms with Crippen LogP contribution in [0.1, 0.15) is 70.8 Å². The SMILES string of the molecule is CN1CCc2nc([C@@H]3CCCN(C(=O)c4cc(C5CC5)nn4C)C3)ncc2C1. The molecule has 0 spiro atoms. The Labute approximate surface area is 165 Å². The number of amides is 1. The van der Waals surface area contributed by atoms with Crippen LogP contribution in [0.15, 0.2) is 12.3 Å². The van der Waals surface area contributed by atoms with Gasteiger partial charge in [0.15, 0.2) is 0 Å². The van der Waals surface area contributed by atoms with Gasteiger partial charge in [0, 0.05) is 68.9 Å². The Kier molecular flexibility index (Phi) is 4.42. The Morgan fingerprint density at radius 3 is 2.82 bits per heavy atom. The molecule has 4 heterocycles. The van der Waals surface area contributed by atoms with Gasteiger partial charge in [-0.05, 0) is 38.8 Å². The molecule has 7 heteroatoms. The summed E-state index contributed by atoms with van der Waals surface area (Å²) in [4.78, 5) is 27.0. The first-order valence-corrected chi connectivity index (χ1v) is 10.4. The molecule has 148 valence electrons. The van der Waals surface area contributed by atoms with Crippen molar-refractivity contribution in [2.24, 2.45) is 7.05 Å². The summed E-state index contributed by atoms with van der Waals surface area (Å²) < 4.78 is 1.76. The predicted octanol–water partition coefficient (Wildman–Crippen LogP) is 2.10. The molecule has 1 amide bonds. The maximum atomic E-state index is 13.1. The summed E-state index contributed by atoms with van der Waals surface area (Å²) in [5.74, 6) is 1.78. The summed E-state index contributed by atoms with van der Waals surface area (Å²) in [6.45, 7) is 3.47. The minimum atomic E-state index is 0.0891. The molecule has 0 N–H and O–H groups in total. The third kappa shape index (κ3) is 3.32. The molecule has 1 aliphatic carbocycles. The van der Waals surface area contributed by atoms with E-state index in [4.69, 9.17) is 4.98 Å². The van der Waals surface area contributed by atoms with Gasteiger partial charge in [-0.25, -0.2) is 9.97 Å². The number of likely N-dealkylation sites (N-methyl/N-ethyl adjacent to an activating group) is 1. The number of hydrogen-bond acceptors (Lipinski definition) is 5. The molecule has 1 atom stereocenters. The van der Waals surface area contributed by atoms with Gasteiger partial charge in [-0.3, -0.25) is 9.48 Å². The van der Waals surface area contributed by atoms with Crippen molar-refractivity contribution in [3.8, 4) is 0 Å². The molecule has 3 aliphatic rings. The molecule has 2 fully saturated rings. The second-order valence-corrected chi connectivity index (χ2v) is 8.63. The first-order chi connectivity index (χ1) is 13.6. The lowest BCUT2D eigenvalue weighted by atomic mass is 9.96.